The van der Waals surface area contributed by atoms with E-state index in [1.54, 1.807) is 30.3 Å². The van der Waals surface area contributed by atoms with Crippen LogP contribution in [0.2, 0.25) is 0 Å². The molecule has 1 aliphatic carbocycles. The van der Waals surface area contributed by atoms with Crippen LogP contribution in [0.4, 0.5) is 11.4 Å². The van der Waals surface area contributed by atoms with Gasteiger partial charge in [0.1, 0.15) is 0 Å². The lowest BCUT2D eigenvalue weighted by atomic mass is 9.81. The SMILES string of the molecule is Cc1ccc2c(c1)[C@](O)(CC(=O)c1cccc(N3C(=O)[C@H]4CCCC[C@@H]4C3=O)c1)C(=O)N2. The number of hydrogen-bond acceptors (Lipinski definition) is 5. The lowest BCUT2D eigenvalue weighted by Crippen LogP contribution is -2.36. The van der Waals surface area contributed by atoms with Crippen molar-refractivity contribution in [3.8, 4) is 0 Å². The molecule has 3 amide bonds. The Morgan fingerprint density at radius 3 is 2.44 bits per heavy atom. The zero-order valence-corrected chi connectivity index (χ0v) is 17.8. The molecular formula is C25H24N2O5. The molecule has 164 valence electrons. The smallest absolute Gasteiger partial charge is 0.261 e. The summed E-state index contributed by atoms with van der Waals surface area (Å²) in [4.78, 5) is 52.6. The first kappa shape index (κ1) is 20.6. The second-order valence-corrected chi connectivity index (χ2v) is 9.02. The van der Waals surface area contributed by atoms with Crippen molar-refractivity contribution in [1.29, 1.82) is 0 Å². The zero-order valence-electron chi connectivity index (χ0n) is 17.8. The molecule has 3 atom stereocenters. The standard InChI is InChI=1S/C25H24N2O5/c1-14-9-10-20-19(11-14)25(32,24(31)26-20)13-21(28)15-5-4-6-16(12-15)27-22(29)17-7-2-3-8-18(17)23(27)30/h4-6,9-12,17-18,32H,2-3,7-8,13H2,1H3,(H,26,31)/t17-,18-,25+/m0/s1. The Morgan fingerprint density at radius 2 is 1.75 bits per heavy atom. The molecule has 0 unspecified atom stereocenters. The van der Waals surface area contributed by atoms with Crippen molar-refractivity contribution in [2.24, 2.45) is 11.8 Å². The van der Waals surface area contributed by atoms with E-state index in [2.05, 4.69) is 5.32 Å². The number of anilines is 2. The minimum Gasteiger partial charge on any atom is -0.375 e. The van der Waals surface area contributed by atoms with Gasteiger partial charge < -0.3 is 10.4 Å². The number of hydrogen-bond donors (Lipinski definition) is 2. The van der Waals surface area contributed by atoms with Crippen LogP contribution >= 0.6 is 0 Å². The number of ketones is 1. The van der Waals surface area contributed by atoms with Crippen LogP contribution in [0.3, 0.4) is 0 Å². The Kier molecular flexibility index (Phi) is 4.74. The Balaban J connectivity index is 1.43. The van der Waals surface area contributed by atoms with Gasteiger partial charge in [-0.3, -0.25) is 24.1 Å². The highest BCUT2D eigenvalue weighted by molar-refractivity contribution is 6.22. The second-order valence-electron chi connectivity index (χ2n) is 9.02. The van der Waals surface area contributed by atoms with Crippen molar-refractivity contribution in [1.82, 2.24) is 0 Å². The molecule has 7 nitrogen and oxygen atoms in total. The average Bonchev–Trinajstić information content (AvgIpc) is 3.18. The van der Waals surface area contributed by atoms with E-state index < -0.39 is 23.7 Å². The Morgan fingerprint density at radius 1 is 1.06 bits per heavy atom. The largest absolute Gasteiger partial charge is 0.375 e. The molecule has 5 rings (SSSR count). The Labute approximate surface area is 185 Å². The monoisotopic (exact) mass is 432 g/mol. The van der Waals surface area contributed by atoms with E-state index in [9.17, 15) is 24.3 Å². The number of imide groups is 1. The molecule has 2 N–H and O–H groups in total. The first-order valence-electron chi connectivity index (χ1n) is 11.0. The van der Waals surface area contributed by atoms with Crippen LogP contribution in [-0.4, -0.2) is 28.6 Å². The van der Waals surface area contributed by atoms with Crippen molar-refractivity contribution < 1.29 is 24.3 Å². The molecule has 3 aliphatic rings. The second kappa shape index (κ2) is 7.38. The number of benzene rings is 2. The third kappa shape index (κ3) is 3.07. The van der Waals surface area contributed by atoms with Gasteiger partial charge in [0.05, 0.1) is 23.9 Å². The first-order valence-corrected chi connectivity index (χ1v) is 11.0. The number of nitrogens with zero attached hydrogens (tertiary/aromatic N) is 1. The van der Waals surface area contributed by atoms with Gasteiger partial charge in [-0.05, 0) is 38.0 Å². The maximum Gasteiger partial charge on any atom is 0.261 e. The van der Waals surface area contributed by atoms with E-state index in [4.69, 9.17) is 0 Å². The first-order chi connectivity index (χ1) is 15.3. The quantitative estimate of drug-likeness (QED) is 0.571. The summed E-state index contributed by atoms with van der Waals surface area (Å²) in [6, 6.07) is 11.5. The number of fused-ring (bicyclic) bond motifs is 2. The Bertz CT molecular complexity index is 1150. The molecule has 0 radical (unpaired) electrons. The van der Waals surface area contributed by atoms with Crippen LogP contribution in [0.5, 0.6) is 0 Å². The van der Waals surface area contributed by atoms with Crippen molar-refractivity contribution in [2.45, 2.75) is 44.6 Å². The van der Waals surface area contributed by atoms with Crippen molar-refractivity contribution in [3.63, 3.8) is 0 Å². The third-order valence-electron chi connectivity index (χ3n) is 6.93. The van der Waals surface area contributed by atoms with Crippen LogP contribution in [0, 0.1) is 18.8 Å². The molecule has 2 fully saturated rings. The predicted molar refractivity (Wildman–Crippen MR) is 117 cm³/mol. The molecule has 0 spiro atoms. The summed E-state index contributed by atoms with van der Waals surface area (Å²) in [5.74, 6) is -2.06. The van der Waals surface area contributed by atoms with Gasteiger partial charge in [-0.25, -0.2) is 0 Å². The summed E-state index contributed by atoms with van der Waals surface area (Å²) in [5.41, 5.74) is 0.352. The van der Waals surface area contributed by atoms with Crippen molar-refractivity contribution in [3.05, 3.63) is 59.2 Å². The van der Waals surface area contributed by atoms with E-state index in [1.165, 1.54) is 11.0 Å². The summed E-state index contributed by atoms with van der Waals surface area (Å²) < 4.78 is 0. The maximum atomic E-state index is 13.1. The van der Waals surface area contributed by atoms with Gasteiger partial charge in [0, 0.05) is 16.8 Å². The molecular weight excluding hydrogens is 408 g/mol. The van der Waals surface area contributed by atoms with Crippen molar-refractivity contribution >= 4 is 34.9 Å². The maximum absolute atomic E-state index is 13.1. The number of carbonyl (C=O) groups is 4. The van der Waals surface area contributed by atoms with Gasteiger partial charge >= 0.3 is 0 Å². The van der Waals surface area contributed by atoms with E-state index in [0.717, 1.165) is 18.4 Å². The fourth-order valence-electron chi connectivity index (χ4n) is 5.20. The average molecular weight is 432 g/mol. The highest BCUT2D eigenvalue weighted by atomic mass is 16.3. The zero-order chi connectivity index (χ0) is 22.6. The van der Waals surface area contributed by atoms with E-state index in [0.29, 0.717) is 29.8 Å². The third-order valence-corrected chi connectivity index (χ3v) is 6.93. The number of aliphatic hydroxyl groups is 1. The molecule has 2 heterocycles. The van der Waals surface area contributed by atoms with E-state index in [1.807, 2.05) is 13.0 Å². The fraction of sp³-hybridized carbons (Fsp3) is 0.360. The summed E-state index contributed by atoms with van der Waals surface area (Å²) in [7, 11) is 0. The molecule has 2 aliphatic heterocycles. The molecule has 32 heavy (non-hydrogen) atoms. The molecule has 2 aromatic carbocycles. The molecule has 0 aromatic heterocycles. The molecule has 2 aromatic rings. The van der Waals surface area contributed by atoms with Crippen LogP contribution in [0.25, 0.3) is 0 Å². The summed E-state index contributed by atoms with van der Waals surface area (Å²) in [6.45, 7) is 1.84. The highest BCUT2D eigenvalue weighted by Crippen LogP contribution is 2.41. The predicted octanol–water partition coefficient (Wildman–Crippen LogP) is 3.09. The molecule has 1 saturated heterocycles. The van der Waals surface area contributed by atoms with Gasteiger partial charge in [0.25, 0.3) is 5.91 Å². The molecule has 7 heteroatoms. The number of nitrogens with one attached hydrogen (secondary N) is 1. The number of rotatable bonds is 4. The summed E-state index contributed by atoms with van der Waals surface area (Å²) in [5, 5.41) is 13.8. The van der Waals surface area contributed by atoms with Crippen LogP contribution < -0.4 is 10.2 Å². The minimum atomic E-state index is -1.97. The number of Topliss-reactive ketones (excluding diaryl/α,β-unsaturated/α-hetero) is 1. The van der Waals surface area contributed by atoms with Gasteiger partial charge in [0.2, 0.25) is 11.8 Å². The van der Waals surface area contributed by atoms with Crippen LogP contribution in [-0.2, 0) is 20.0 Å². The number of amides is 3. The molecule has 1 saturated carbocycles. The van der Waals surface area contributed by atoms with Crippen LogP contribution in [0.1, 0.15) is 53.6 Å². The topological polar surface area (TPSA) is 104 Å². The minimum absolute atomic E-state index is 0.206. The fourth-order valence-corrected chi connectivity index (χ4v) is 5.20. The lowest BCUT2D eigenvalue weighted by molar-refractivity contribution is -0.133. The summed E-state index contributed by atoms with van der Waals surface area (Å²) in [6.07, 6.45) is 2.87. The van der Waals surface area contributed by atoms with Crippen molar-refractivity contribution in [2.75, 3.05) is 10.2 Å². The van der Waals surface area contributed by atoms with Gasteiger partial charge in [-0.2, -0.15) is 0 Å². The normalized spacial score (nSPS) is 26.7. The van der Waals surface area contributed by atoms with Gasteiger partial charge in [0.15, 0.2) is 11.4 Å². The molecule has 0 bridgehead atoms. The number of carbonyl (C=O) groups excluding carboxylic acids is 4. The van der Waals surface area contributed by atoms with E-state index >= 15 is 0 Å². The van der Waals surface area contributed by atoms with Crippen LogP contribution in [0.15, 0.2) is 42.5 Å². The van der Waals surface area contributed by atoms with Gasteiger partial charge in [-0.1, -0.05) is 42.7 Å². The highest BCUT2D eigenvalue weighted by Gasteiger charge is 2.49. The summed E-state index contributed by atoms with van der Waals surface area (Å²) >= 11 is 0. The van der Waals surface area contributed by atoms with E-state index in [-0.39, 0.29) is 29.2 Å². The number of aryl methyl sites for hydroxylation is 1. The Hall–Kier alpha value is -3.32. The lowest BCUT2D eigenvalue weighted by Gasteiger charge is -2.21. The van der Waals surface area contributed by atoms with Gasteiger partial charge in [-0.15, -0.1) is 0 Å².